The Hall–Kier alpha value is -0.740. The van der Waals surface area contributed by atoms with Gasteiger partial charge in [-0.15, -0.1) is 11.6 Å². The van der Waals surface area contributed by atoms with E-state index in [1.807, 2.05) is 24.8 Å². The minimum Gasteiger partial charge on any atom is -0.322 e. The average molecular weight is 327 g/mol. The quantitative estimate of drug-likeness (QED) is 0.710. The zero-order valence-corrected chi connectivity index (χ0v) is 13.9. The number of imidazole rings is 1. The maximum absolute atomic E-state index is 13.5. The van der Waals surface area contributed by atoms with Crippen molar-refractivity contribution in [3.05, 3.63) is 29.8 Å². The molecule has 1 aliphatic carbocycles. The average Bonchev–Trinajstić information content (AvgIpc) is 2.85. The summed E-state index contributed by atoms with van der Waals surface area (Å²) in [5, 5.41) is 0.403. The number of aromatic nitrogens is 2. The number of rotatable bonds is 3. The summed E-state index contributed by atoms with van der Waals surface area (Å²) in [5.74, 6) is 0.620. The smallest absolute Gasteiger partial charge is 0.128 e. The van der Waals surface area contributed by atoms with Crippen LogP contribution in [0.5, 0.6) is 0 Å². The van der Waals surface area contributed by atoms with Crippen LogP contribution in [0.15, 0.2) is 18.2 Å². The molecule has 0 bridgehead atoms. The van der Waals surface area contributed by atoms with Gasteiger partial charge in [0.05, 0.1) is 16.4 Å². The number of benzene rings is 1. The van der Waals surface area contributed by atoms with Crippen LogP contribution in [-0.4, -0.2) is 21.1 Å². The molecule has 21 heavy (non-hydrogen) atoms. The first-order chi connectivity index (χ1) is 10.1. The van der Waals surface area contributed by atoms with Crippen molar-refractivity contribution in [3.63, 3.8) is 0 Å². The predicted molar refractivity (Wildman–Crippen MR) is 88.8 cm³/mol. The molecular formula is C16H20ClFN2S. The molecule has 0 aliphatic heterocycles. The Labute approximate surface area is 134 Å². The van der Waals surface area contributed by atoms with Crippen molar-refractivity contribution >= 4 is 34.4 Å². The summed E-state index contributed by atoms with van der Waals surface area (Å²) in [6.07, 6.45) is 7.06. The van der Waals surface area contributed by atoms with E-state index in [-0.39, 0.29) is 11.2 Å². The minimum absolute atomic E-state index is 0.176. The van der Waals surface area contributed by atoms with E-state index in [1.54, 1.807) is 0 Å². The molecule has 3 atom stereocenters. The third kappa shape index (κ3) is 2.80. The van der Waals surface area contributed by atoms with Gasteiger partial charge in [-0.2, -0.15) is 11.8 Å². The molecule has 5 heteroatoms. The number of halogens is 2. The highest BCUT2D eigenvalue weighted by atomic mass is 35.5. The first-order valence-corrected chi connectivity index (χ1v) is 9.18. The molecule has 114 valence electrons. The van der Waals surface area contributed by atoms with Gasteiger partial charge in [0, 0.05) is 17.4 Å². The lowest BCUT2D eigenvalue weighted by atomic mass is 9.94. The molecule has 0 radical (unpaired) electrons. The van der Waals surface area contributed by atoms with E-state index in [1.165, 1.54) is 31.4 Å². The zero-order valence-electron chi connectivity index (χ0n) is 12.4. The number of thioether (sulfide) groups is 1. The third-order valence-electron chi connectivity index (χ3n) is 4.34. The topological polar surface area (TPSA) is 17.8 Å². The van der Waals surface area contributed by atoms with Gasteiger partial charge >= 0.3 is 0 Å². The number of fused-ring (bicyclic) bond motifs is 1. The van der Waals surface area contributed by atoms with E-state index in [2.05, 4.69) is 15.8 Å². The van der Waals surface area contributed by atoms with Crippen molar-refractivity contribution in [2.24, 2.45) is 0 Å². The Balaban J connectivity index is 2.16. The Kier molecular flexibility index (Phi) is 4.46. The van der Waals surface area contributed by atoms with Crippen molar-refractivity contribution in [2.75, 3.05) is 6.26 Å². The molecule has 3 rings (SSSR count). The fourth-order valence-corrected chi connectivity index (χ4v) is 4.50. The van der Waals surface area contributed by atoms with E-state index in [0.717, 1.165) is 17.8 Å². The number of hydrogen-bond acceptors (Lipinski definition) is 2. The van der Waals surface area contributed by atoms with E-state index in [9.17, 15) is 4.39 Å². The van der Waals surface area contributed by atoms with E-state index in [0.29, 0.717) is 16.8 Å². The second-order valence-corrected chi connectivity index (χ2v) is 7.45. The van der Waals surface area contributed by atoms with Gasteiger partial charge in [-0.05, 0) is 38.2 Å². The van der Waals surface area contributed by atoms with E-state index >= 15 is 0 Å². The Morgan fingerprint density at radius 2 is 2.14 bits per heavy atom. The van der Waals surface area contributed by atoms with Crippen molar-refractivity contribution in [2.45, 2.75) is 49.3 Å². The van der Waals surface area contributed by atoms with E-state index < -0.39 is 0 Å². The van der Waals surface area contributed by atoms with Gasteiger partial charge in [0.25, 0.3) is 0 Å². The van der Waals surface area contributed by atoms with Gasteiger partial charge in [-0.3, -0.25) is 0 Å². The molecule has 0 saturated heterocycles. The molecule has 1 aliphatic rings. The highest BCUT2D eigenvalue weighted by Crippen LogP contribution is 2.40. The first-order valence-electron chi connectivity index (χ1n) is 7.46. The lowest BCUT2D eigenvalue weighted by molar-refractivity contribution is 0.363. The summed E-state index contributed by atoms with van der Waals surface area (Å²) in [4.78, 5) is 4.60. The highest BCUT2D eigenvalue weighted by Gasteiger charge is 2.30. The van der Waals surface area contributed by atoms with Crippen LogP contribution in [-0.2, 0) is 0 Å². The summed E-state index contributed by atoms with van der Waals surface area (Å²) in [6, 6.07) is 5.26. The number of nitrogens with zero attached hydrogens (tertiary/aromatic N) is 2. The van der Waals surface area contributed by atoms with Gasteiger partial charge in [-0.25, -0.2) is 9.37 Å². The minimum atomic E-state index is -0.244. The molecular weight excluding hydrogens is 307 g/mol. The normalized spacial score (nSPS) is 24.4. The van der Waals surface area contributed by atoms with E-state index in [4.69, 9.17) is 11.6 Å². The molecule has 1 saturated carbocycles. The molecule has 1 heterocycles. The maximum Gasteiger partial charge on any atom is 0.128 e. The van der Waals surface area contributed by atoms with Crippen LogP contribution >= 0.6 is 23.4 Å². The van der Waals surface area contributed by atoms with Crippen molar-refractivity contribution < 1.29 is 4.39 Å². The summed E-state index contributed by atoms with van der Waals surface area (Å²) >= 11 is 8.26. The molecule has 1 fully saturated rings. The molecule has 1 aromatic carbocycles. The van der Waals surface area contributed by atoms with Gasteiger partial charge < -0.3 is 4.57 Å². The second kappa shape index (κ2) is 6.17. The zero-order chi connectivity index (χ0) is 15.0. The van der Waals surface area contributed by atoms with Crippen LogP contribution in [0.2, 0.25) is 0 Å². The van der Waals surface area contributed by atoms with Crippen molar-refractivity contribution in [1.82, 2.24) is 9.55 Å². The molecule has 1 aromatic heterocycles. The largest absolute Gasteiger partial charge is 0.322 e. The van der Waals surface area contributed by atoms with Gasteiger partial charge in [0.1, 0.15) is 11.6 Å². The number of alkyl halides is 1. The number of hydrogen-bond donors (Lipinski definition) is 0. The lowest BCUT2D eigenvalue weighted by Crippen LogP contribution is -2.26. The monoisotopic (exact) mass is 326 g/mol. The molecule has 0 N–H and O–H groups in total. The van der Waals surface area contributed by atoms with Crippen LogP contribution in [0.25, 0.3) is 11.0 Å². The Bertz CT molecular complexity index is 640. The summed E-state index contributed by atoms with van der Waals surface area (Å²) < 4.78 is 15.7. The van der Waals surface area contributed by atoms with Crippen LogP contribution in [0.3, 0.4) is 0 Å². The fraction of sp³-hybridized carbons (Fsp3) is 0.562. The lowest BCUT2D eigenvalue weighted by Gasteiger charge is -2.33. The summed E-state index contributed by atoms with van der Waals surface area (Å²) in [7, 11) is 0. The summed E-state index contributed by atoms with van der Waals surface area (Å²) in [6.45, 7) is 1.94. The van der Waals surface area contributed by atoms with Gasteiger partial charge in [-0.1, -0.05) is 12.8 Å². The van der Waals surface area contributed by atoms with Crippen LogP contribution in [0.1, 0.15) is 49.9 Å². The van der Waals surface area contributed by atoms with Crippen LogP contribution < -0.4 is 0 Å². The Morgan fingerprint density at radius 1 is 1.38 bits per heavy atom. The molecule has 2 aromatic rings. The Morgan fingerprint density at radius 3 is 2.86 bits per heavy atom. The molecule has 0 spiro atoms. The van der Waals surface area contributed by atoms with Crippen LogP contribution in [0.4, 0.5) is 4.39 Å². The predicted octanol–water partition coefficient (Wildman–Crippen LogP) is 5.32. The standard InChI is InChI=1S/C16H20ClFN2S/c1-10(17)16-19-12-9-11(18)7-8-13(12)20(16)14-5-3-4-6-15(14)21-2/h7-10,14-15H,3-6H2,1-2H3. The van der Waals surface area contributed by atoms with Crippen LogP contribution in [0, 0.1) is 5.82 Å². The second-order valence-electron chi connectivity index (χ2n) is 5.72. The molecule has 3 unspecified atom stereocenters. The molecule has 2 nitrogen and oxygen atoms in total. The molecule has 0 amide bonds. The van der Waals surface area contributed by atoms with Gasteiger partial charge in [0.15, 0.2) is 0 Å². The van der Waals surface area contributed by atoms with Crippen molar-refractivity contribution in [1.29, 1.82) is 0 Å². The van der Waals surface area contributed by atoms with Gasteiger partial charge in [0.2, 0.25) is 0 Å². The SMILES string of the molecule is CSC1CCCCC1n1c(C(C)Cl)nc2cc(F)ccc21. The third-order valence-corrected chi connectivity index (χ3v) is 5.69. The van der Waals surface area contributed by atoms with Crippen molar-refractivity contribution in [3.8, 4) is 0 Å². The fourth-order valence-electron chi connectivity index (χ4n) is 3.37. The summed E-state index contributed by atoms with van der Waals surface area (Å²) in [5.41, 5.74) is 1.72. The first kappa shape index (κ1) is 15.2. The maximum atomic E-state index is 13.5. The highest BCUT2D eigenvalue weighted by molar-refractivity contribution is 7.99.